The van der Waals surface area contributed by atoms with Crippen LogP contribution < -0.4 is 4.72 Å². The van der Waals surface area contributed by atoms with Crippen molar-refractivity contribution in [2.75, 3.05) is 6.54 Å². The van der Waals surface area contributed by atoms with E-state index >= 15 is 0 Å². The minimum atomic E-state index is -3.86. The van der Waals surface area contributed by atoms with Crippen LogP contribution in [0.25, 0.3) is 0 Å². The predicted molar refractivity (Wildman–Crippen MR) is 125 cm³/mol. The Morgan fingerprint density at radius 3 is 2.62 bits per heavy atom. The number of fused-ring (bicyclic) bond motifs is 5. The minimum Gasteiger partial charge on any atom is -0.508 e. The summed E-state index contributed by atoms with van der Waals surface area (Å²) >= 11 is 0. The summed E-state index contributed by atoms with van der Waals surface area (Å²) in [6.07, 6.45) is 3.81. The predicted octanol–water partition coefficient (Wildman–Crippen LogP) is 3.93. The van der Waals surface area contributed by atoms with Gasteiger partial charge in [0.25, 0.3) is 5.69 Å². The maximum absolute atomic E-state index is 13.1. The molecule has 2 fully saturated rings. The highest BCUT2D eigenvalue weighted by molar-refractivity contribution is 7.89. The first-order valence-corrected chi connectivity index (χ1v) is 13.2. The molecule has 5 rings (SSSR count). The van der Waals surface area contributed by atoms with Crippen LogP contribution in [0.3, 0.4) is 0 Å². The number of phenolic OH excluding ortho intramolecular Hbond substituents is 1. The lowest BCUT2D eigenvalue weighted by molar-refractivity contribution is -0.384. The molecule has 2 aromatic rings. The zero-order chi connectivity index (χ0) is 24.3. The number of non-ortho nitro benzene ring substituents is 1. The molecule has 34 heavy (non-hydrogen) atoms. The average molecular weight is 485 g/mol. The van der Waals surface area contributed by atoms with Gasteiger partial charge >= 0.3 is 0 Å². The van der Waals surface area contributed by atoms with Crippen LogP contribution in [0.1, 0.15) is 49.7 Å². The van der Waals surface area contributed by atoms with Crippen molar-refractivity contribution in [3.8, 4) is 5.75 Å². The van der Waals surface area contributed by atoms with E-state index in [9.17, 15) is 28.4 Å². The number of sulfonamides is 1. The normalized spacial score (nSPS) is 30.3. The highest BCUT2D eigenvalue weighted by Crippen LogP contribution is 2.61. The molecule has 0 unspecified atom stereocenters. The quantitative estimate of drug-likeness (QED) is 0.489. The number of nitrogens with one attached hydrogen (secondary N) is 1. The van der Waals surface area contributed by atoms with Crippen LogP contribution in [0.2, 0.25) is 0 Å². The summed E-state index contributed by atoms with van der Waals surface area (Å²) in [6.45, 7) is 2.21. The van der Waals surface area contributed by atoms with E-state index in [0.29, 0.717) is 12.3 Å². The maximum atomic E-state index is 13.1. The van der Waals surface area contributed by atoms with E-state index in [1.54, 1.807) is 6.07 Å². The fraction of sp³-hybridized carbons (Fsp3) is 0.480. The van der Waals surface area contributed by atoms with Gasteiger partial charge in [0.2, 0.25) is 10.0 Å². The molecule has 0 heterocycles. The first-order valence-electron chi connectivity index (χ1n) is 11.7. The molecule has 0 radical (unpaired) electrons. The number of hydrogen-bond donors (Lipinski definition) is 2. The number of aromatic hydroxyl groups is 1. The number of hydrogen-bond acceptors (Lipinski definition) is 6. The molecule has 0 spiro atoms. The maximum Gasteiger partial charge on any atom is 0.269 e. The van der Waals surface area contributed by atoms with Crippen molar-refractivity contribution >= 4 is 21.5 Å². The Balaban J connectivity index is 1.38. The number of phenols is 1. The van der Waals surface area contributed by atoms with E-state index in [4.69, 9.17) is 0 Å². The van der Waals surface area contributed by atoms with E-state index < -0.39 is 20.4 Å². The highest BCUT2D eigenvalue weighted by Gasteiger charge is 2.58. The minimum absolute atomic E-state index is 0.0295. The van der Waals surface area contributed by atoms with Gasteiger partial charge in [0.1, 0.15) is 11.5 Å². The first kappa shape index (κ1) is 23.0. The smallest absolute Gasteiger partial charge is 0.269 e. The summed E-state index contributed by atoms with van der Waals surface area (Å²) in [7, 11) is -3.86. The molecule has 8 nitrogen and oxygen atoms in total. The number of aryl methyl sites for hydroxylation is 1. The molecular formula is C25H28N2O6S. The van der Waals surface area contributed by atoms with E-state index in [1.807, 2.05) is 19.1 Å². The van der Waals surface area contributed by atoms with Crippen LogP contribution in [0.5, 0.6) is 5.75 Å². The van der Waals surface area contributed by atoms with E-state index in [-0.39, 0.29) is 46.4 Å². The summed E-state index contributed by atoms with van der Waals surface area (Å²) in [5, 5.41) is 20.8. The van der Waals surface area contributed by atoms with Gasteiger partial charge in [-0.05, 0) is 84.7 Å². The van der Waals surface area contributed by atoms with E-state index in [1.165, 1.54) is 35.4 Å². The summed E-state index contributed by atoms with van der Waals surface area (Å²) < 4.78 is 28.4. The Hall–Kier alpha value is -2.78. The lowest BCUT2D eigenvalue weighted by Crippen LogP contribution is -2.46. The molecule has 0 aromatic heterocycles. The van der Waals surface area contributed by atoms with Gasteiger partial charge in [-0.15, -0.1) is 0 Å². The lowest BCUT2D eigenvalue weighted by atomic mass is 9.54. The molecule has 0 saturated heterocycles. The summed E-state index contributed by atoms with van der Waals surface area (Å²) in [5.41, 5.74) is 1.81. The van der Waals surface area contributed by atoms with E-state index in [0.717, 1.165) is 25.7 Å². The highest BCUT2D eigenvalue weighted by atomic mass is 32.2. The van der Waals surface area contributed by atoms with Gasteiger partial charge in [-0.3, -0.25) is 14.9 Å². The van der Waals surface area contributed by atoms with Gasteiger partial charge in [0.15, 0.2) is 0 Å². The third-order valence-corrected chi connectivity index (χ3v) is 9.89. The third-order valence-electron chi connectivity index (χ3n) is 8.45. The number of rotatable bonds is 5. The molecule has 3 aliphatic carbocycles. The number of ketones is 1. The second-order valence-electron chi connectivity index (χ2n) is 10.2. The zero-order valence-electron chi connectivity index (χ0n) is 18.9. The number of carbonyl (C=O) groups excluding carboxylic acids is 1. The summed E-state index contributed by atoms with van der Waals surface area (Å²) in [4.78, 5) is 23.4. The molecule has 5 atom stereocenters. The Labute approximate surface area is 198 Å². The van der Waals surface area contributed by atoms with Crippen LogP contribution in [0.4, 0.5) is 5.69 Å². The second kappa shape index (κ2) is 8.16. The number of benzene rings is 2. The van der Waals surface area contributed by atoms with Gasteiger partial charge in [0.05, 0.1) is 9.82 Å². The summed E-state index contributed by atoms with van der Waals surface area (Å²) in [5.74, 6) is 1.06. The van der Waals surface area contributed by atoms with Crippen molar-refractivity contribution in [1.82, 2.24) is 4.72 Å². The van der Waals surface area contributed by atoms with Crippen molar-refractivity contribution in [2.24, 2.45) is 23.2 Å². The topological polar surface area (TPSA) is 127 Å². The standard InChI is InChI=1S/C25H28N2O6S/c1-25-11-10-21-20-9-5-18(28)12-15(20)2-8-22(21)24(25)16(13-23(25)29)14-26-34(32,33)19-6-3-17(4-7-19)27(30)31/h3-7,9,12,16,21-22,24,26,28H,2,8,10-11,13-14H2,1H3/t16-,21-,22-,24+,25-/m1/s1. The van der Waals surface area contributed by atoms with Gasteiger partial charge in [-0.2, -0.15) is 0 Å². The van der Waals surface area contributed by atoms with Crippen molar-refractivity contribution in [2.45, 2.75) is 49.8 Å². The summed E-state index contributed by atoms with van der Waals surface area (Å²) in [6, 6.07) is 10.4. The Kier molecular flexibility index (Phi) is 5.52. The van der Waals surface area contributed by atoms with Crippen molar-refractivity contribution in [3.05, 3.63) is 63.7 Å². The van der Waals surface area contributed by atoms with E-state index in [2.05, 4.69) is 4.72 Å². The van der Waals surface area contributed by atoms with Gasteiger partial charge < -0.3 is 5.11 Å². The molecule has 3 aliphatic rings. The fourth-order valence-electron chi connectivity index (χ4n) is 6.86. The Morgan fingerprint density at radius 1 is 1.18 bits per heavy atom. The first-order chi connectivity index (χ1) is 16.1. The van der Waals surface area contributed by atoms with Crippen molar-refractivity contribution in [3.63, 3.8) is 0 Å². The monoisotopic (exact) mass is 484 g/mol. The van der Waals surface area contributed by atoms with Crippen LogP contribution >= 0.6 is 0 Å². The molecule has 9 heteroatoms. The van der Waals surface area contributed by atoms with Gasteiger partial charge in [-0.25, -0.2) is 13.1 Å². The molecule has 0 amide bonds. The zero-order valence-corrected chi connectivity index (χ0v) is 19.8. The number of nitrogens with zero attached hydrogens (tertiary/aromatic N) is 1. The second-order valence-corrected chi connectivity index (χ2v) is 11.9. The number of nitro benzene ring substituents is 1. The van der Waals surface area contributed by atoms with Crippen LogP contribution in [-0.4, -0.2) is 30.8 Å². The van der Waals surface area contributed by atoms with Crippen molar-refractivity contribution < 1.29 is 23.2 Å². The van der Waals surface area contributed by atoms with Gasteiger partial charge in [0, 0.05) is 30.5 Å². The van der Waals surface area contributed by atoms with Crippen LogP contribution in [0.15, 0.2) is 47.4 Å². The average Bonchev–Trinajstić information content (AvgIpc) is 3.07. The SMILES string of the molecule is C[C@]12CC[C@@H]3c4ccc(O)cc4CC[C@H]3[C@@H]1[C@@H](CNS(=O)(=O)c1ccc([N+](=O)[O-])cc1)CC2=O. The van der Waals surface area contributed by atoms with Crippen molar-refractivity contribution in [1.29, 1.82) is 0 Å². The fourth-order valence-corrected chi connectivity index (χ4v) is 7.95. The third kappa shape index (κ3) is 3.71. The lowest BCUT2D eigenvalue weighted by Gasteiger charge is -2.49. The van der Waals surface area contributed by atoms with Crippen LogP contribution in [-0.2, 0) is 21.2 Å². The molecule has 0 bridgehead atoms. The number of nitro groups is 1. The molecule has 2 N–H and O–H groups in total. The molecule has 2 aromatic carbocycles. The molecule has 0 aliphatic heterocycles. The van der Waals surface area contributed by atoms with Crippen LogP contribution in [0, 0.1) is 33.3 Å². The largest absolute Gasteiger partial charge is 0.508 e. The number of carbonyl (C=O) groups is 1. The number of Topliss-reactive ketones (excluding diaryl/α,β-unsaturated/α-hetero) is 1. The van der Waals surface area contributed by atoms with Gasteiger partial charge in [-0.1, -0.05) is 13.0 Å². The molecular weight excluding hydrogens is 456 g/mol. The molecule has 2 saturated carbocycles. The molecule has 180 valence electrons. The Bertz CT molecular complexity index is 1260. The Morgan fingerprint density at radius 2 is 1.91 bits per heavy atom.